The van der Waals surface area contributed by atoms with Crippen LogP contribution in [0.25, 0.3) is 0 Å². The van der Waals surface area contributed by atoms with Crippen molar-refractivity contribution in [2.45, 2.75) is 13.5 Å². The zero-order chi connectivity index (χ0) is 30.0. The number of rotatable bonds is 8. The maximum atomic E-state index is 13.7. The van der Waals surface area contributed by atoms with E-state index >= 15 is 0 Å². The number of piperazine rings is 1. The molecule has 5 rings (SSSR count). The Morgan fingerprint density at radius 1 is 1.05 bits per heavy atom. The van der Waals surface area contributed by atoms with Crippen LogP contribution < -0.4 is 35.2 Å². The Kier molecular flexibility index (Phi) is 8.76. The van der Waals surface area contributed by atoms with Crippen molar-refractivity contribution in [3.63, 3.8) is 0 Å². The maximum Gasteiger partial charge on any atom is 0.330 e. The molecule has 14 heteroatoms. The van der Waals surface area contributed by atoms with Crippen LogP contribution in [-0.4, -0.2) is 80.3 Å². The number of ether oxygens (including phenoxy) is 2. The number of hydrogen-bond donors (Lipinski definition) is 2. The summed E-state index contributed by atoms with van der Waals surface area (Å²) >= 11 is 13.2. The van der Waals surface area contributed by atoms with Crippen LogP contribution in [-0.2, 0) is 11.3 Å². The molecule has 3 aromatic rings. The van der Waals surface area contributed by atoms with Gasteiger partial charge in [-0.15, -0.1) is 0 Å². The van der Waals surface area contributed by atoms with E-state index < -0.39 is 0 Å². The molecule has 12 nitrogen and oxygen atoms in total. The average molecular weight is 616 g/mol. The van der Waals surface area contributed by atoms with Gasteiger partial charge in [0.25, 0.3) is 0 Å². The van der Waals surface area contributed by atoms with E-state index in [2.05, 4.69) is 20.2 Å². The molecule has 1 aromatic heterocycles. The first-order chi connectivity index (χ1) is 20.3. The van der Waals surface area contributed by atoms with E-state index in [1.54, 1.807) is 22.1 Å². The van der Waals surface area contributed by atoms with E-state index in [4.69, 9.17) is 38.4 Å². The number of fused-ring (bicyclic) bond motifs is 1. The van der Waals surface area contributed by atoms with Gasteiger partial charge in [-0.05, 0) is 31.2 Å². The number of nitrogens with two attached hydrogens (primary N) is 1. The topological polar surface area (TPSA) is 129 Å². The Bertz CT molecular complexity index is 1450. The lowest BCUT2D eigenvalue weighted by molar-refractivity contribution is -0.129. The van der Waals surface area contributed by atoms with Crippen molar-refractivity contribution in [2.24, 2.45) is 5.73 Å². The number of anilines is 5. The summed E-state index contributed by atoms with van der Waals surface area (Å²) < 4.78 is 10.8. The molecule has 0 saturated carbocycles. The van der Waals surface area contributed by atoms with Gasteiger partial charge in [-0.2, -0.15) is 4.98 Å². The summed E-state index contributed by atoms with van der Waals surface area (Å²) in [6, 6.07) is 9.15. The van der Waals surface area contributed by atoms with E-state index in [0.29, 0.717) is 48.6 Å². The molecule has 0 spiro atoms. The summed E-state index contributed by atoms with van der Waals surface area (Å²) in [5, 5.41) is 3.63. The second-order valence-electron chi connectivity index (χ2n) is 9.66. The van der Waals surface area contributed by atoms with E-state index in [-0.39, 0.29) is 35.1 Å². The Morgan fingerprint density at radius 2 is 1.69 bits per heavy atom. The van der Waals surface area contributed by atoms with Crippen LogP contribution in [0.1, 0.15) is 12.5 Å². The van der Waals surface area contributed by atoms with Crippen LogP contribution in [0.2, 0.25) is 10.0 Å². The lowest BCUT2D eigenvalue weighted by atomic mass is 10.1. The van der Waals surface area contributed by atoms with Gasteiger partial charge in [0.15, 0.2) is 0 Å². The normalized spacial score (nSPS) is 15.0. The molecule has 0 atom stereocenters. The van der Waals surface area contributed by atoms with Crippen LogP contribution >= 0.6 is 23.2 Å². The molecule has 0 radical (unpaired) electrons. The first kappa shape index (κ1) is 29.5. The van der Waals surface area contributed by atoms with Crippen molar-refractivity contribution in [1.29, 1.82) is 0 Å². The Balaban J connectivity index is 1.34. The zero-order valence-corrected chi connectivity index (χ0v) is 25.1. The standard InChI is InChI=1S/C28H32Cl2N8O4/c1-4-37-26-17(16-38(28(37)40)25-23(29)20(41-2)13-21(42-3)24(25)30)15-32-27(34-26)33-18-5-7-19(8-6-18)35-9-11-36(12-10-35)22(39)14-31/h5-8,13,15H,4,9-12,14,16,31H2,1-3H3,(H,32,33,34). The molecule has 3 amide bonds. The van der Waals surface area contributed by atoms with Crippen molar-refractivity contribution >= 4 is 64.0 Å². The maximum absolute atomic E-state index is 13.7. The van der Waals surface area contributed by atoms with E-state index in [1.165, 1.54) is 19.1 Å². The van der Waals surface area contributed by atoms with E-state index in [9.17, 15) is 9.59 Å². The minimum atomic E-state index is -0.341. The predicted octanol–water partition coefficient (Wildman–Crippen LogP) is 4.12. The number of benzene rings is 2. The molecule has 3 N–H and O–H groups in total. The van der Waals surface area contributed by atoms with Crippen molar-refractivity contribution in [3.8, 4) is 11.5 Å². The van der Waals surface area contributed by atoms with Gasteiger partial charge >= 0.3 is 6.03 Å². The number of urea groups is 1. The number of methoxy groups -OCH3 is 2. The van der Waals surface area contributed by atoms with Gasteiger partial charge in [-0.1, -0.05) is 23.2 Å². The minimum absolute atomic E-state index is 0.0246. The molecule has 0 aliphatic carbocycles. The molecule has 1 fully saturated rings. The first-order valence-corrected chi connectivity index (χ1v) is 14.2. The second kappa shape index (κ2) is 12.5. The third-order valence-corrected chi connectivity index (χ3v) is 8.05. The fraction of sp³-hybridized carbons (Fsp3) is 0.357. The number of carbonyl (C=O) groups is 2. The van der Waals surface area contributed by atoms with E-state index in [1.807, 2.05) is 31.2 Å². The van der Waals surface area contributed by atoms with Gasteiger partial charge in [-0.25, -0.2) is 9.78 Å². The quantitative estimate of drug-likeness (QED) is 0.385. The van der Waals surface area contributed by atoms with Gasteiger partial charge in [-0.3, -0.25) is 14.6 Å². The molecule has 1 saturated heterocycles. The molecule has 2 aliphatic rings. The van der Waals surface area contributed by atoms with Crippen LogP contribution in [0.4, 0.5) is 33.6 Å². The highest BCUT2D eigenvalue weighted by molar-refractivity contribution is 6.42. The molecule has 0 bridgehead atoms. The zero-order valence-electron chi connectivity index (χ0n) is 23.6. The number of hydrogen-bond acceptors (Lipinski definition) is 9. The fourth-order valence-electron chi connectivity index (χ4n) is 5.07. The number of amides is 3. The summed E-state index contributed by atoms with van der Waals surface area (Å²) in [6.45, 7) is 5.17. The smallest absolute Gasteiger partial charge is 0.330 e. The number of carbonyl (C=O) groups excluding carboxylic acids is 2. The monoisotopic (exact) mass is 614 g/mol. The van der Waals surface area contributed by atoms with Gasteiger partial charge < -0.3 is 30.3 Å². The number of nitrogens with zero attached hydrogens (tertiary/aromatic N) is 6. The second-order valence-corrected chi connectivity index (χ2v) is 10.4. The Labute approximate surface area is 253 Å². The lowest BCUT2D eigenvalue weighted by Gasteiger charge is -2.36. The fourth-order valence-corrected chi connectivity index (χ4v) is 5.78. The first-order valence-electron chi connectivity index (χ1n) is 13.4. The number of nitrogens with one attached hydrogen (secondary N) is 1. The summed E-state index contributed by atoms with van der Waals surface area (Å²) in [7, 11) is 2.96. The molecule has 222 valence electrons. The highest BCUT2D eigenvalue weighted by atomic mass is 35.5. The van der Waals surface area contributed by atoms with Crippen LogP contribution in [0, 0.1) is 0 Å². The lowest BCUT2D eigenvalue weighted by Crippen LogP contribution is -2.50. The van der Waals surface area contributed by atoms with Crippen molar-refractivity contribution < 1.29 is 19.1 Å². The summed E-state index contributed by atoms with van der Waals surface area (Å²) in [4.78, 5) is 41.8. The van der Waals surface area contributed by atoms with Crippen molar-refractivity contribution in [2.75, 3.05) is 73.5 Å². The average Bonchev–Trinajstić information content (AvgIpc) is 3.02. The van der Waals surface area contributed by atoms with Crippen LogP contribution in [0.3, 0.4) is 0 Å². The predicted molar refractivity (Wildman–Crippen MR) is 164 cm³/mol. The third kappa shape index (κ3) is 5.57. The largest absolute Gasteiger partial charge is 0.495 e. The van der Waals surface area contributed by atoms with Crippen molar-refractivity contribution in [3.05, 3.63) is 52.1 Å². The van der Waals surface area contributed by atoms with Gasteiger partial charge in [0.1, 0.15) is 27.4 Å². The van der Waals surface area contributed by atoms with Gasteiger partial charge in [0, 0.05) is 61.9 Å². The highest BCUT2D eigenvalue weighted by Gasteiger charge is 2.36. The SMILES string of the molecule is CCN1C(=O)N(c2c(Cl)c(OC)cc(OC)c2Cl)Cc2cnc(Nc3ccc(N4CCN(C(=O)CN)CC4)cc3)nc21. The number of halogens is 2. The molecule has 2 aliphatic heterocycles. The van der Waals surface area contributed by atoms with Gasteiger partial charge in [0.05, 0.1) is 33.0 Å². The third-order valence-electron chi connectivity index (χ3n) is 7.32. The van der Waals surface area contributed by atoms with Gasteiger partial charge in [0.2, 0.25) is 11.9 Å². The highest BCUT2D eigenvalue weighted by Crippen LogP contribution is 2.48. The molecule has 2 aromatic carbocycles. The van der Waals surface area contributed by atoms with E-state index in [0.717, 1.165) is 30.0 Å². The summed E-state index contributed by atoms with van der Waals surface area (Å²) in [5.41, 5.74) is 8.35. The molecular formula is C28H32Cl2N8O4. The van der Waals surface area contributed by atoms with Crippen molar-refractivity contribution in [1.82, 2.24) is 14.9 Å². The molecule has 42 heavy (non-hydrogen) atoms. The minimum Gasteiger partial charge on any atom is -0.495 e. The summed E-state index contributed by atoms with van der Waals surface area (Å²) in [6.07, 6.45) is 1.68. The molecular weight excluding hydrogens is 583 g/mol. The van der Waals surface area contributed by atoms with Crippen LogP contribution in [0.15, 0.2) is 36.5 Å². The summed E-state index contributed by atoms with van der Waals surface area (Å²) in [5.74, 6) is 1.50. The van der Waals surface area contributed by atoms with Crippen LogP contribution in [0.5, 0.6) is 11.5 Å². The number of aromatic nitrogens is 2. The molecule has 3 heterocycles. The molecule has 0 unspecified atom stereocenters. The Hall–Kier alpha value is -4.00. The Morgan fingerprint density at radius 3 is 2.26 bits per heavy atom.